The largest absolute Gasteiger partial charge is 0.487 e. The van der Waals surface area contributed by atoms with Crippen molar-refractivity contribution in [1.82, 2.24) is 5.32 Å². The fourth-order valence-electron chi connectivity index (χ4n) is 6.36. The highest BCUT2D eigenvalue weighted by atomic mass is 32.2. The minimum atomic E-state index is -3.57. The lowest BCUT2D eigenvalue weighted by molar-refractivity contribution is 0.181. The molecule has 0 spiro atoms. The van der Waals surface area contributed by atoms with E-state index in [1.54, 1.807) is 0 Å². The summed E-state index contributed by atoms with van der Waals surface area (Å²) in [6.45, 7) is 7.57. The number of benzene rings is 5. The average Bonchev–Trinajstić information content (AvgIpc) is 3.11. The monoisotopic (exact) mass is 680 g/mol. The van der Waals surface area contributed by atoms with E-state index in [2.05, 4.69) is 97.5 Å². The molecule has 1 unspecified atom stereocenters. The number of ether oxygens (including phenoxy) is 1. The lowest BCUT2D eigenvalue weighted by Crippen LogP contribution is -2.40. The van der Waals surface area contributed by atoms with Crippen LogP contribution in [0.2, 0.25) is 18.1 Å². The molecular formula is C40H48N2O4SSi. The van der Waals surface area contributed by atoms with Gasteiger partial charge in [-0.15, -0.1) is 0 Å². The van der Waals surface area contributed by atoms with E-state index in [4.69, 9.17) is 9.16 Å². The van der Waals surface area contributed by atoms with Crippen molar-refractivity contribution in [2.45, 2.75) is 64.1 Å². The van der Waals surface area contributed by atoms with Crippen LogP contribution in [0, 0.1) is 0 Å². The summed E-state index contributed by atoms with van der Waals surface area (Å²) in [7, 11) is -5.65. The summed E-state index contributed by atoms with van der Waals surface area (Å²) in [4.78, 5) is 0. The van der Waals surface area contributed by atoms with Crippen molar-refractivity contribution in [3.63, 3.8) is 0 Å². The first-order chi connectivity index (χ1) is 23.2. The molecule has 0 saturated heterocycles. The Morgan fingerprint density at radius 3 is 2.02 bits per heavy atom. The molecule has 0 aliphatic rings. The van der Waals surface area contributed by atoms with E-state index >= 15 is 0 Å². The standard InChI is InChI=1S/C40H48N2O4SSi/c1-5-48(6-2,7-3)46-40(34-25-26-39(38(28-34)42-47(4,43)44)45-30-32-19-12-9-13-20-32)29-41-37(27-31-17-10-8-11-18-31)36-24-16-22-33-21-14-15-23-35(33)36/h8-26,28,37,40-42H,5-7,27,29-30H2,1-4H3/t37?,40-/m0/s1. The van der Waals surface area contributed by atoms with Crippen LogP contribution in [-0.4, -0.2) is 29.5 Å². The molecular weight excluding hydrogens is 633 g/mol. The van der Waals surface area contributed by atoms with Crippen molar-refractivity contribution in [1.29, 1.82) is 0 Å². The molecule has 0 radical (unpaired) electrons. The van der Waals surface area contributed by atoms with Crippen molar-refractivity contribution in [2.24, 2.45) is 0 Å². The van der Waals surface area contributed by atoms with E-state index < -0.39 is 18.3 Å². The van der Waals surface area contributed by atoms with Gasteiger partial charge in [0.1, 0.15) is 12.4 Å². The summed E-state index contributed by atoms with van der Waals surface area (Å²) in [6, 6.07) is 44.2. The quantitative estimate of drug-likeness (QED) is 0.0958. The lowest BCUT2D eigenvalue weighted by atomic mass is 9.93. The van der Waals surface area contributed by atoms with Crippen LogP contribution in [0.25, 0.3) is 10.8 Å². The average molecular weight is 681 g/mol. The molecule has 0 amide bonds. The number of hydrogen-bond donors (Lipinski definition) is 2. The Morgan fingerprint density at radius 2 is 1.35 bits per heavy atom. The van der Waals surface area contributed by atoms with Crippen LogP contribution in [-0.2, 0) is 27.5 Å². The van der Waals surface area contributed by atoms with Gasteiger partial charge < -0.3 is 14.5 Å². The predicted octanol–water partition coefficient (Wildman–Crippen LogP) is 9.43. The van der Waals surface area contributed by atoms with Crippen molar-refractivity contribution in [2.75, 3.05) is 17.5 Å². The fourth-order valence-corrected chi connectivity index (χ4v) is 9.75. The molecule has 5 rings (SSSR count). The number of fused-ring (bicyclic) bond motifs is 1. The van der Waals surface area contributed by atoms with Gasteiger partial charge in [0.15, 0.2) is 8.32 Å². The minimum absolute atomic E-state index is 0.0210. The van der Waals surface area contributed by atoms with Crippen molar-refractivity contribution in [3.05, 3.63) is 144 Å². The van der Waals surface area contributed by atoms with Gasteiger partial charge in [-0.05, 0) is 69.7 Å². The van der Waals surface area contributed by atoms with Crippen molar-refractivity contribution >= 4 is 34.8 Å². The molecule has 48 heavy (non-hydrogen) atoms. The van der Waals surface area contributed by atoms with Crippen LogP contribution in [0.4, 0.5) is 5.69 Å². The van der Waals surface area contributed by atoms with Gasteiger partial charge in [-0.2, -0.15) is 0 Å². The molecule has 0 aromatic heterocycles. The maximum Gasteiger partial charge on any atom is 0.229 e. The minimum Gasteiger partial charge on any atom is -0.487 e. The normalized spacial score (nSPS) is 13.2. The van der Waals surface area contributed by atoms with E-state index in [1.807, 2.05) is 54.6 Å². The molecule has 0 bridgehead atoms. The molecule has 2 atom stereocenters. The third-order valence-electron chi connectivity index (χ3n) is 9.26. The topological polar surface area (TPSA) is 76.7 Å². The van der Waals surface area contributed by atoms with Crippen LogP contribution in [0.1, 0.15) is 55.2 Å². The maximum absolute atomic E-state index is 12.5. The molecule has 0 saturated carbocycles. The summed E-state index contributed by atoms with van der Waals surface area (Å²) < 4.78 is 41.1. The first kappa shape index (κ1) is 35.4. The molecule has 5 aromatic rings. The van der Waals surface area contributed by atoms with Gasteiger partial charge >= 0.3 is 0 Å². The zero-order chi connectivity index (χ0) is 34.0. The smallest absolute Gasteiger partial charge is 0.229 e. The van der Waals surface area contributed by atoms with Crippen LogP contribution in [0.15, 0.2) is 121 Å². The van der Waals surface area contributed by atoms with E-state index in [0.29, 0.717) is 24.6 Å². The Balaban J connectivity index is 1.51. The van der Waals surface area contributed by atoms with Crippen molar-refractivity contribution in [3.8, 4) is 5.75 Å². The first-order valence-corrected chi connectivity index (χ1v) is 21.4. The predicted molar refractivity (Wildman–Crippen MR) is 202 cm³/mol. The number of nitrogens with one attached hydrogen (secondary N) is 2. The van der Waals surface area contributed by atoms with Crippen LogP contribution in [0.5, 0.6) is 5.75 Å². The SMILES string of the molecule is CC[Si](CC)(CC)O[C@@H](CNC(Cc1ccccc1)c1cccc2ccccc12)c1ccc(OCc2ccccc2)c(NS(C)(=O)=O)c1. The van der Waals surface area contributed by atoms with E-state index in [0.717, 1.165) is 41.9 Å². The van der Waals surface area contributed by atoms with Crippen LogP contribution in [0.3, 0.4) is 0 Å². The van der Waals surface area contributed by atoms with Gasteiger partial charge in [0.05, 0.1) is 18.0 Å². The molecule has 0 aliphatic carbocycles. The lowest BCUT2D eigenvalue weighted by Gasteiger charge is -2.35. The molecule has 5 aromatic carbocycles. The van der Waals surface area contributed by atoms with E-state index in [9.17, 15) is 8.42 Å². The summed E-state index contributed by atoms with van der Waals surface area (Å²) in [5.74, 6) is 0.474. The highest BCUT2D eigenvalue weighted by Crippen LogP contribution is 2.35. The summed E-state index contributed by atoms with van der Waals surface area (Å²) in [6.07, 6.45) is 1.68. The fraction of sp³-hybridized carbons (Fsp3) is 0.300. The van der Waals surface area contributed by atoms with Crippen molar-refractivity contribution < 1.29 is 17.6 Å². The summed E-state index contributed by atoms with van der Waals surface area (Å²) >= 11 is 0. The Labute approximate surface area is 287 Å². The number of hydrogen-bond acceptors (Lipinski definition) is 5. The number of rotatable bonds is 17. The zero-order valence-electron chi connectivity index (χ0n) is 28.5. The summed E-state index contributed by atoms with van der Waals surface area (Å²) in [5.41, 5.74) is 4.81. The highest BCUT2D eigenvalue weighted by molar-refractivity contribution is 7.92. The zero-order valence-corrected chi connectivity index (χ0v) is 30.3. The van der Waals surface area contributed by atoms with Gasteiger partial charge in [-0.25, -0.2) is 8.42 Å². The molecule has 2 N–H and O–H groups in total. The van der Waals surface area contributed by atoms with Crippen LogP contribution < -0.4 is 14.8 Å². The summed E-state index contributed by atoms with van der Waals surface area (Å²) in [5, 5.41) is 6.36. The molecule has 0 heterocycles. The van der Waals surface area contributed by atoms with Gasteiger partial charge in [0.2, 0.25) is 10.0 Å². The van der Waals surface area contributed by atoms with E-state index in [1.165, 1.54) is 21.9 Å². The molecule has 6 nitrogen and oxygen atoms in total. The van der Waals surface area contributed by atoms with Gasteiger partial charge in [0, 0.05) is 12.6 Å². The van der Waals surface area contributed by atoms with E-state index in [-0.39, 0.29) is 12.1 Å². The van der Waals surface area contributed by atoms with Gasteiger partial charge in [-0.3, -0.25) is 4.72 Å². The molecule has 8 heteroatoms. The number of sulfonamides is 1. The Morgan fingerprint density at radius 1 is 0.729 bits per heavy atom. The first-order valence-electron chi connectivity index (χ1n) is 16.9. The highest BCUT2D eigenvalue weighted by Gasteiger charge is 2.33. The molecule has 0 fully saturated rings. The van der Waals surface area contributed by atoms with Crippen LogP contribution >= 0.6 is 0 Å². The second-order valence-corrected chi connectivity index (χ2v) is 18.9. The second-order valence-electron chi connectivity index (χ2n) is 12.5. The number of anilines is 1. The Kier molecular flexibility index (Phi) is 12.1. The molecule has 252 valence electrons. The molecule has 0 aliphatic heterocycles. The van der Waals surface area contributed by atoms with Gasteiger partial charge in [0.25, 0.3) is 0 Å². The Hall–Kier alpha value is -3.95. The third-order valence-corrected chi connectivity index (χ3v) is 14.5. The second kappa shape index (κ2) is 16.4. The maximum atomic E-state index is 12.5. The van der Waals surface area contributed by atoms with Gasteiger partial charge in [-0.1, -0.05) is 130 Å². The Bertz CT molecular complexity index is 1850. The third kappa shape index (κ3) is 9.35.